The highest BCUT2D eigenvalue weighted by molar-refractivity contribution is 5.95. The van der Waals surface area contributed by atoms with Gasteiger partial charge in [-0.05, 0) is 37.0 Å². The van der Waals surface area contributed by atoms with E-state index in [1.54, 1.807) is 12.1 Å². The second-order valence-corrected chi connectivity index (χ2v) is 5.60. The lowest BCUT2D eigenvalue weighted by molar-refractivity contribution is 0.0915. The van der Waals surface area contributed by atoms with Crippen LogP contribution in [0.15, 0.2) is 18.2 Å². The van der Waals surface area contributed by atoms with Crippen LogP contribution < -0.4 is 15.8 Å². The highest BCUT2D eigenvalue weighted by Gasteiger charge is 2.24. The number of rotatable bonds is 5. The first-order valence-corrected chi connectivity index (χ1v) is 7.53. The van der Waals surface area contributed by atoms with Crippen LogP contribution in [0, 0.1) is 5.92 Å². The fraction of sp³-hybridized carbons (Fsp3) is 0.562. The third kappa shape index (κ3) is 3.88. The van der Waals surface area contributed by atoms with Gasteiger partial charge in [-0.1, -0.05) is 19.3 Å². The van der Waals surface area contributed by atoms with Gasteiger partial charge in [0.15, 0.2) is 11.5 Å². The Morgan fingerprint density at radius 3 is 2.71 bits per heavy atom. The SMILES string of the molecule is COc1ccc(C(=O)NC(CN)C2CCCCC2)cc1O. The van der Waals surface area contributed by atoms with Crippen LogP contribution in [0.1, 0.15) is 42.5 Å². The molecule has 0 radical (unpaired) electrons. The number of methoxy groups -OCH3 is 1. The van der Waals surface area contributed by atoms with Crippen LogP contribution in [-0.4, -0.2) is 30.7 Å². The number of carbonyl (C=O) groups is 1. The molecular formula is C16H24N2O3. The Morgan fingerprint density at radius 2 is 2.14 bits per heavy atom. The number of phenolic OH excluding ortho intramolecular Hbond substituents is 1. The molecule has 5 heteroatoms. The molecule has 0 heterocycles. The third-order valence-corrected chi connectivity index (χ3v) is 4.23. The maximum absolute atomic E-state index is 12.3. The number of phenols is 1. The fourth-order valence-electron chi connectivity index (χ4n) is 2.99. The van der Waals surface area contributed by atoms with E-state index in [-0.39, 0.29) is 17.7 Å². The monoisotopic (exact) mass is 292 g/mol. The molecule has 1 aromatic rings. The van der Waals surface area contributed by atoms with Crippen molar-refractivity contribution >= 4 is 5.91 Å². The zero-order chi connectivity index (χ0) is 15.2. The van der Waals surface area contributed by atoms with Gasteiger partial charge in [0.05, 0.1) is 7.11 Å². The molecular weight excluding hydrogens is 268 g/mol. The summed E-state index contributed by atoms with van der Waals surface area (Å²) in [4.78, 5) is 12.3. The van der Waals surface area contributed by atoms with E-state index in [1.165, 1.54) is 32.4 Å². The van der Waals surface area contributed by atoms with E-state index in [0.29, 0.717) is 23.8 Å². The van der Waals surface area contributed by atoms with Gasteiger partial charge in [0.1, 0.15) is 0 Å². The number of ether oxygens (including phenoxy) is 1. The van der Waals surface area contributed by atoms with Crippen LogP contribution >= 0.6 is 0 Å². The summed E-state index contributed by atoms with van der Waals surface area (Å²) >= 11 is 0. The smallest absolute Gasteiger partial charge is 0.251 e. The fourth-order valence-corrected chi connectivity index (χ4v) is 2.99. The molecule has 0 spiro atoms. The molecule has 1 aliphatic rings. The molecule has 0 aliphatic heterocycles. The molecule has 1 atom stereocenters. The van der Waals surface area contributed by atoms with Crippen molar-refractivity contribution in [2.24, 2.45) is 11.7 Å². The molecule has 1 amide bonds. The van der Waals surface area contributed by atoms with Gasteiger partial charge in [-0.3, -0.25) is 4.79 Å². The molecule has 1 saturated carbocycles. The summed E-state index contributed by atoms with van der Waals surface area (Å²) in [7, 11) is 1.47. The molecule has 1 aliphatic carbocycles. The first-order chi connectivity index (χ1) is 10.2. The third-order valence-electron chi connectivity index (χ3n) is 4.23. The predicted molar refractivity (Wildman–Crippen MR) is 81.5 cm³/mol. The first-order valence-electron chi connectivity index (χ1n) is 7.53. The topological polar surface area (TPSA) is 84.6 Å². The van der Waals surface area contributed by atoms with E-state index in [2.05, 4.69) is 5.32 Å². The van der Waals surface area contributed by atoms with Crippen molar-refractivity contribution < 1.29 is 14.6 Å². The first kappa shape index (κ1) is 15.6. The summed E-state index contributed by atoms with van der Waals surface area (Å²) in [6.07, 6.45) is 5.93. The molecule has 1 aromatic carbocycles. The maximum atomic E-state index is 12.3. The van der Waals surface area contributed by atoms with E-state index in [9.17, 15) is 9.90 Å². The highest BCUT2D eigenvalue weighted by atomic mass is 16.5. The summed E-state index contributed by atoms with van der Waals surface area (Å²) in [6.45, 7) is 0.443. The minimum absolute atomic E-state index is 0.00189. The number of nitrogens with one attached hydrogen (secondary N) is 1. The Bertz CT molecular complexity index is 484. The summed E-state index contributed by atoms with van der Waals surface area (Å²) in [6, 6.07) is 4.65. The molecule has 5 nitrogen and oxygen atoms in total. The standard InChI is InChI=1S/C16H24N2O3/c1-21-15-8-7-12(9-14(15)19)16(20)18-13(10-17)11-5-3-2-4-6-11/h7-9,11,13,19H,2-6,10,17H2,1H3,(H,18,20). The molecule has 4 N–H and O–H groups in total. The lowest BCUT2D eigenvalue weighted by atomic mass is 9.84. The molecule has 0 aromatic heterocycles. The van der Waals surface area contributed by atoms with Gasteiger partial charge in [-0.25, -0.2) is 0 Å². The second-order valence-electron chi connectivity index (χ2n) is 5.60. The lowest BCUT2D eigenvalue weighted by Crippen LogP contribution is -2.45. The van der Waals surface area contributed by atoms with E-state index in [0.717, 1.165) is 12.8 Å². The van der Waals surface area contributed by atoms with Crippen molar-refractivity contribution in [2.75, 3.05) is 13.7 Å². The molecule has 116 valence electrons. The summed E-state index contributed by atoms with van der Waals surface area (Å²) in [5, 5.41) is 12.8. The Kier molecular flexibility index (Phi) is 5.44. The zero-order valence-electron chi connectivity index (χ0n) is 12.5. The summed E-state index contributed by atoms with van der Waals surface area (Å²) < 4.78 is 4.98. The van der Waals surface area contributed by atoms with Crippen molar-refractivity contribution in [1.29, 1.82) is 0 Å². The number of hydrogen-bond donors (Lipinski definition) is 3. The summed E-state index contributed by atoms with van der Waals surface area (Å²) in [5.74, 6) is 0.579. The van der Waals surface area contributed by atoms with E-state index in [4.69, 9.17) is 10.5 Å². The number of benzene rings is 1. The Labute approximate surface area is 125 Å². The van der Waals surface area contributed by atoms with Crippen LogP contribution in [-0.2, 0) is 0 Å². The van der Waals surface area contributed by atoms with Crippen LogP contribution in [0.5, 0.6) is 11.5 Å². The van der Waals surface area contributed by atoms with Crippen molar-refractivity contribution in [3.05, 3.63) is 23.8 Å². The van der Waals surface area contributed by atoms with E-state index in [1.807, 2.05) is 0 Å². The van der Waals surface area contributed by atoms with Gasteiger partial charge < -0.3 is 20.9 Å². The van der Waals surface area contributed by atoms with Crippen LogP contribution in [0.3, 0.4) is 0 Å². The zero-order valence-corrected chi connectivity index (χ0v) is 12.5. The van der Waals surface area contributed by atoms with Gasteiger partial charge in [0.25, 0.3) is 5.91 Å². The van der Waals surface area contributed by atoms with Crippen molar-refractivity contribution in [3.63, 3.8) is 0 Å². The minimum atomic E-state index is -0.200. The maximum Gasteiger partial charge on any atom is 0.251 e. The van der Waals surface area contributed by atoms with E-state index >= 15 is 0 Å². The number of amides is 1. The molecule has 0 saturated heterocycles. The molecule has 2 rings (SSSR count). The van der Waals surface area contributed by atoms with E-state index < -0.39 is 0 Å². The number of aromatic hydroxyl groups is 1. The highest BCUT2D eigenvalue weighted by Crippen LogP contribution is 2.28. The normalized spacial score (nSPS) is 17.2. The molecule has 1 unspecified atom stereocenters. The second kappa shape index (κ2) is 7.31. The molecule has 21 heavy (non-hydrogen) atoms. The molecule has 1 fully saturated rings. The van der Waals surface area contributed by atoms with Gasteiger partial charge >= 0.3 is 0 Å². The number of carbonyl (C=O) groups excluding carboxylic acids is 1. The van der Waals surface area contributed by atoms with Crippen LogP contribution in [0.4, 0.5) is 0 Å². The average molecular weight is 292 g/mol. The van der Waals surface area contributed by atoms with Gasteiger partial charge in [0.2, 0.25) is 0 Å². The molecule has 0 bridgehead atoms. The quantitative estimate of drug-likeness (QED) is 0.775. The van der Waals surface area contributed by atoms with Crippen molar-refractivity contribution in [3.8, 4) is 11.5 Å². The Morgan fingerprint density at radius 1 is 1.43 bits per heavy atom. The van der Waals surface area contributed by atoms with Crippen molar-refractivity contribution in [2.45, 2.75) is 38.1 Å². The summed E-state index contributed by atoms with van der Waals surface area (Å²) in [5.41, 5.74) is 6.24. The number of nitrogens with two attached hydrogens (primary N) is 1. The Balaban J connectivity index is 2.03. The Hall–Kier alpha value is -1.75. The minimum Gasteiger partial charge on any atom is -0.504 e. The largest absolute Gasteiger partial charge is 0.504 e. The average Bonchev–Trinajstić information content (AvgIpc) is 2.53. The van der Waals surface area contributed by atoms with Crippen LogP contribution in [0.2, 0.25) is 0 Å². The van der Waals surface area contributed by atoms with Gasteiger partial charge in [-0.15, -0.1) is 0 Å². The van der Waals surface area contributed by atoms with Gasteiger partial charge in [0, 0.05) is 18.2 Å². The van der Waals surface area contributed by atoms with Gasteiger partial charge in [-0.2, -0.15) is 0 Å². The van der Waals surface area contributed by atoms with Crippen LogP contribution in [0.25, 0.3) is 0 Å². The lowest BCUT2D eigenvalue weighted by Gasteiger charge is -2.30. The van der Waals surface area contributed by atoms with Crippen molar-refractivity contribution in [1.82, 2.24) is 5.32 Å². The number of hydrogen-bond acceptors (Lipinski definition) is 4. The predicted octanol–water partition coefficient (Wildman–Crippen LogP) is 2.04.